The van der Waals surface area contributed by atoms with Crippen LogP contribution in [0.4, 0.5) is 0 Å². The molecule has 234 valence electrons. The second-order valence-electron chi connectivity index (χ2n) is 11.6. The molecule has 2 aromatic rings. The Labute approximate surface area is 253 Å². The number of rotatable bonds is 14. The number of benzene rings is 2. The lowest BCUT2D eigenvalue weighted by Crippen LogP contribution is -2.27. The van der Waals surface area contributed by atoms with E-state index >= 15 is 0 Å². The summed E-state index contributed by atoms with van der Waals surface area (Å²) in [5.41, 5.74) is 3.94. The average Bonchev–Trinajstić information content (AvgIpc) is 3.09. The largest absolute Gasteiger partial charge is 0.504 e. The molecule has 9 heteroatoms. The molecule has 2 aromatic carbocycles. The number of ether oxygens (including phenoxy) is 3. The summed E-state index contributed by atoms with van der Waals surface area (Å²) in [7, 11) is 3.44. The van der Waals surface area contributed by atoms with Crippen LogP contribution in [0.25, 0.3) is 5.57 Å². The molecule has 0 heterocycles. The number of ketones is 1. The molecule has 0 radical (unpaired) electrons. The lowest BCUT2D eigenvalue weighted by atomic mass is 9.69. The van der Waals surface area contributed by atoms with Gasteiger partial charge in [-0.2, -0.15) is 0 Å². The Hall–Kier alpha value is -3.56. The molecule has 2 aliphatic rings. The maximum Gasteiger partial charge on any atom is 0.302 e. The number of aromatic hydroxyl groups is 2. The van der Waals surface area contributed by atoms with Gasteiger partial charge in [-0.3, -0.25) is 9.59 Å². The zero-order chi connectivity index (χ0) is 30.9. The van der Waals surface area contributed by atoms with Gasteiger partial charge in [0.1, 0.15) is 18.5 Å². The number of hydrogen-bond donors (Lipinski definition) is 4. The number of allylic oxidation sites excluding steroid dienone is 1. The predicted molar refractivity (Wildman–Crippen MR) is 164 cm³/mol. The molecule has 0 aromatic heterocycles. The summed E-state index contributed by atoms with van der Waals surface area (Å²) in [6, 6.07) is 8.65. The van der Waals surface area contributed by atoms with E-state index in [-0.39, 0.29) is 54.5 Å². The number of carbonyl (C=O) groups is 2. The van der Waals surface area contributed by atoms with Crippen LogP contribution in [0.1, 0.15) is 74.5 Å². The van der Waals surface area contributed by atoms with Gasteiger partial charge in [-0.15, -0.1) is 0 Å². The number of phenols is 2. The number of likely N-dealkylation sites (N-methyl/N-ethyl adjacent to an activating group) is 1. The number of Topliss-reactive ketones (excluding diaryl/α,β-unsaturated/α-hetero) is 1. The van der Waals surface area contributed by atoms with E-state index in [1.807, 2.05) is 13.1 Å². The monoisotopic (exact) mass is 595 g/mol. The van der Waals surface area contributed by atoms with E-state index in [2.05, 4.69) is 11.4 Å². The molecule has 0 amide bonds. The quantitative estimate of drug-likeness (QED) is 0.225. The van der Waals surface area contributed by atoms with Crippen molar-refractivity contribution in [3.05, 3.63) is 53.1 Å². The second kappa shape index (κ2) is 15.3. The summed E-state index contributed by atoms with van der Waals surface area (Å²) in [5, 5.41) is 33.0. The third kappa shape index (κ3) is 8.30. The summed E-state index contributed by atoms with van der Waals surface area (Å²) in [4.78, 5) is 25.8. The fourth-order valence-electron chi connectivity index (χ4n) is 6.74. The number of aliphatic hydroxyl groups excluding tert-OH is 1. The third-order valence-electron chi connectivity index (χ3n) is 8.63. The second-order valence-corrected chi connectivity index (χ2v) is 11.6. The van der Waals surface area contributed by atoms with Crippen LogP contribution in [-0.2, 0) is 20.7 Å². The van der Waals surface area contributed by atoms with Gasteiger partial charge >= 0.3 is 5.97 Å². The molecular formula is C34H45NO8. The molecule has 0 saturated heterocycles. The standard InChI is InChI=1S/C34H45NO8/c1-21(37)43-26(10-8-22-9-11-31(39)34(14-22)42-13-12-36)16-25(38)17-29-27-7-5-4-6-23(27)15-24(20-35-2)28-18-32(40)33(41-3)19-30(28)29/h9,11,14-15,18-19,23,26-27,29,35-36,39-40H,4-8,10,12-13,16-17,20H2,1-3H3/t23-,26-,27+,29+/m1/s1. The van der Waals surface area contributed by atoms with Crippen molar-refractivity contribution in [3.8, 4) is 23.0 Å². The number of carbonyl (C=O) groups excluding carboxylic acids is 2. The highest BCUT2D eigenvalue weighted by Gasteiger charge is 2.38. The van der Waals surface area contributed by atoms with Gasteiger partial charge in [0, 0.05) is 26.3 Å². The summed E-state index contributed by atoms with van der Waals surface area (Å²) >= 11 is 0. The van der Waals surface area contributed by atoms with E-state index in [1.165, 1.54) is 20.1 Å². The fourth-order valence-corrected chi connectivity index (χ4v) is 6.74. The van der Waals surface area contributed by atoms with E-state index in [1.54, 1.807) is 18.2 Å². The highest BCUT2D eigenvalue weighted by atomic mass is 16.5. The van der Waals surface area contributed by atoms with Gasteiger partial charge in [0.15, 0.2) is 23.0 Å². The number of fused-ring (bicyclic) bond motifs is 2. The van der Waals surface area contributed by atoms with Gasteiger partial charge in [-0.25, -0.2) is 0 Å². The smallest absolute Gasteiger partial charge is 0.302 e. The minimum absolute atomic E-state index is 0.0216. The van der Waals surface area contributed by atoms with E-state index in [4.69, 9.17) is 19.3 Å². The first-order valence-corrected chi connectivity index (χ1v) is 15.2. The lowest BCUT2D eigenvalue weighted by molar-refractivity contribution is -0.147. The molecular weight excluding hydrogens is 550 g/mol. The van der Waals surface area contributed by atoms with Crippen LogP contribution >= 0.6 is 0 Å². The van der Waals surface area contributed by atoms with Crippen molar-refractivity contribution in [1.82, 2.24) is 5.32 Å². The van der Waals surface area contributed by atoms with Crippen molar-refractivity contribution in [1.29, 1.82) is 0 Å². The van der Waals surface area contributed by atoms with Crippen LogP contribution in [-0.4, -0.2) is 67.1 Å². The first-order valence-electron chi connectivity index (χ1n) is 15.2. The average molecular weight is 596 g/mol. The number of aliphatic hydroxyl groups is 1. The Kier molecular flexibility index (Phi) is 11.5. The van der Waals surface area contributed by atoms with Crippen molar-refractivity contribution >= 4 is 17.3 Å². The zero-order valence-electron chi connectivity index (χ0n) is 25.4. The highest BCUT2D eigenvalue weighted by Crippen LogP contribution is 2.50. The van der Waals surface area contributed by atoms with Crippen LogP contribution < -0.4 is 14.8 Å². The fraction of sp³-hybridized carbons (Fsp3) is 0.529. The Morgan fingerprint density at radius 2 is 1.86 bits per heavy atom. The SMILES string of the molecule is CNCC1=C[C@H]2CCCC[C@@H]2[C@H](CC(=O)C[C@@H](CCc2ccc(O)c(OCCO)c2)OC(C)=O)c2cc(OC)c(O)cc21. The number of nitrogens with one attached hydrogen (secondary N) is 1. The highest BCUT2D eigenvalue weighted by molar-refractivity contribution is 5.82. The summed E-state index contributed by atoms with van der Waals surface area (Å²) in [6.45, 7) is 1.89. The maximum atomic E-state index is 13.8. The van der Waals surface area contributed by atoms with E-state index in [0.717, 1.165) is 47.9 Å². The number of aryl methyl sites for hydroxylation is 1. The van der Waals surface area contributed by atoms with E-state index in [9.17, 15) is 19.8 Å². The number of esters is 1. The Morgan fingerprint density at radius 3 is 2.58 bits per heavy atom. The summed E-state index contributed by atoms with van der Waals surface area (Å²) < 4.78 is 16.5. The molecule has 0 unspecified atom stereocenters. The maximum absolute atomic E-state index is 13.8. The van der Waals surface area contributed by atoms with Crippen LogP contribution in [0.5, 0.6) is 23.0 Å². The van der Waals surface area contributed by atoms with Crippen LogP contribution in [0.3, 0.4) is 0 Å². The normalized spacial score (nSPS) is 20.2. The molecule has 0 bridgehead atoms. The molecule has 4 N–H and O–H groups in total. The molecule has 0 aliphatic heterocycles. The van der Waals surface area contributed by atoms with Crippen molar-refractivity contribution in [2.75, 3.05) is 33.9 Å². The molecule has 1 saturated carbocycles. The summed E-state index contributed by atoms with van der Waals surface area (Å²) in [6.07, 6.45) is 7.42. The molecule has 2 aliphatic carbocycles. The Balaban J connectivity index is 1.56. The Bertz CT molecular complexity index is 1310. The van der Waals surface area contributed by atoms with Gasteiger partial charge in [-0.1, -0.05) is 25.0 Å². The summed E-state index contributed by atoms with van der Waals surface area (Å²) in [5.74, 6) is 0.847. The van der Waals surface area contributed by atoms with Gasteiger partial charge < -0.3 is 34.8 Å². The molecule has 4 rings (SSSR count). The van der Waals surface area contributed by atoms with E-state index < -0.39 is 12.1 Å². The number of hydrogen-bond acceptors (Lipinski definition) is 9. The van der Waals surface area contributed by atoms with Gasteiger partial charge in [0.25, 0.3) is 0 Å². The topological polar surface area (TPSA) is 135 Å². The zero-order valence-corrected chi connectivity index (χ0v) is 25.4. The van der Waals surface area contributed by atoms with E-state index in [0.29, 0.717) is 37.5 Å². The number of phenolic OH excluding ortho intramolecular Hbond substituents is 2. The number of methoxy groups -OCH3 is 1. The van der Waals surface area contributed by atoms with Gasteiger partial charge in [0.2, 0.25) is 0 Å². The molecule has 0 spiro atoms. The van der Waals surface area contributed by atoms with Crippen LogP contribution in [0.15, 0.2) is 36.4 Å². The molecule has 43 heavy (non-hydrogen) atoms. The third-order valence-corrected chi connectivity index (χ3v) is 8.63. The van der Waals surface area contributed by atoms with Crippen molar-refractivity contribution in [2.45, 2.75) is 70.3 Å². The molecule has 1 fully saturated rings. The van der Waals surface area contributed by atoms with Crippen molar-refractivity contribution in [2.24, 2.45) is 11.8 Å². The molecule has 9 nitrogen and oxygen atoms in total. The lowest BCUT2D eigenvalue weighted by Gasteiger charge is -2.35. The first kappa shape index (κ1) is 32.4. The Morgan fingerprint density at radius 1 is 1.07 bits per heavy atom. The van der Waals surface area contributed by atoms with Crippen LogP contribution in [0, 0.1) is 11.8 Å². The van der Waals surface area contributed by atoms with Crippen molar-refractivity contribution in [3.63, 3.8) is 0 Å². The minimum atomic E-state index is -0.597. The van der Waals surface area contributed by atoms with Crippen molar-refractivity contribution < 1.29 is 39.1 Å². The first-order chi connectivity index (χ1) is 20.7. The predicted octanol–water partition coefficient (Wildman–Crippen LogP) is 4.90. The minimum Gasteiger partial charge on any atom is -0.504 e. The van der Waals surface area contributed by atoms with Gasteiger partial charge in [0.05, 0.1) is 13.7 Å². The molecule has 4 atom stereocenters. The van der Waals surface area contributed by atoms with Crippen LogP contribution in [0.2, 0.25) is 0 Å². The van der Waals surface area contributed by atoms with Gasteiger partial charge in [-0.05, 0) is 97.0 Å².